The van der Waals surface area contributed by atoms with Crippen LogP contribution in [0.5, 0.6) is 0 Å². The summed E-state index contributed by atoms with van der Waals surface area (Å²) in [5, 5.41) is 5.12. The average Bonchev–Trinajstić information content (AvgIpc) is 3.99. The van der Waals surface area contributed by atoms with Gasteiger partial charge in [0.1, 0.15) is 0 Å². The third-order valence-electron chi connectivity index (χ3n) is 13.7. The molecule has 8 aromatic carbocycles. The number of hydrogen-bond acceptors (Lipinski definition) is 4. The van der Waals surface area contributed by atoms with E-state index >= 15 is 0 Å². The zero-order valence-corrected chi connectivity index (χ0v) is 36.9. The van der Waals surface area contributed by atoms with Crippen LogP contribution in [0.3, 0.4) is 0 Å². The molecule has 0 saturated heterocycles. The van der Waals surface area contributed by atoms with Gasteiger partial charge in [-0.3, -0.25) is 0 Å². The molecule has 3 aromatic heterocycles. The molecule has 11 aromatic rings. The summed E-state index contributed by atoms with van der Waals surface area (Å²) in [6.45, 7) is 4.80. The van der Waals surface area contributed by atoms with E-state index in [2.05, 4.69) is 176 Å². The van der Waals surface area contributed by atoms with E-state index in [9.17, 15) is 0 Å². The lowest BCUT2D eigenvalue weighted by molar-refractivity contribution is 0.652. The van der Waals surface area contributed by atoms with Gasteiger partial charge >= 0.3 is 0 Å². The molecule has 0 N–H and O–H groups in total. The fraction of sp³-hybridized carbons (Fsp3) is 0.0833. The SMILES string of the molecule is CC1(C)C2=C(CCC=C2)c2cc3c4cc(-c5cccc6c5sc5c(-c7cccc(-c8nc(-c9ccccc9)nc(-c9ccccc9)n8)c7)cccc56)ccc4n(-c4ccccc4)c3cc21. The summed E-state index contributed by atoms with van der Waals surface area (Å²) in [4.78, 5) is 15.0. The monoisotopic (exact) mass is 850 g/mol. The number of hydrogen-bond donors (Lipinski definition) is 0. The van der Waals surface area contributed by atoms with E-state index in [-0.39, 0.29) is 5.41 Å². The van der Waals surface area contributed by atoms with E-state index < -0.39 is 0 Å². The van der Waals surface area contributed by atoms with Crippen molar-refractivity contribution in [3.63, 3.8) is 0 Å². The molecule has 0 radical (unpaired) electrons. The second-order valence-electron chi connectivity index (χ2n) is 17.9. The Morgan fingerprint density at radius 1 is 0.462 bits per heavy atom. The van der Waals surface area contributed by atoms with Crippen molar-refractivity contribution in [2.75, 3.05) is 0 Å². The number of fused-ring (bicyclic) bond motifs is 8. The molecular weight excluding hydrogens is 809 g/mol. The summed E-state index contributed by atoms with van der Waals surface area (Å²) < 4.78 is 5.03. The first-order valence-corrected chi connectivity index (χ1v) is 23.3. The average molecular weight is 851 g/mol. The van der Waals surface area contributed by atoms with Gasteiger partial charge in [0.15, 0.2) is 17.5 Å². The van der Waals surface area contributed by atoms with Crippen LogP contribution in [0.15, 0.2) is 200 Å². The molecular formula is C60H42N4S. The number of thiophene rings is 1. The molecule has 0 unspecified atom stereocenters. The molecule has 0 spiro atoms. The van der Waals surface area contributed by atoms with E-state index in [0.717, 1.165) is 35.1 Å². The highest BCUT2D eigenvalue weighted by Crippen LogP contribution is 2.52. The van der Waals surface area contributed by atoms with Gasteiger partial charge in [0.25, 0.3) is 0 Å². The van der Waals surface area contributed by atoms with Crippen LogP contribution in [0.2, 0.25) is 0 Å². The van der Waals surface area contributed by atoms with Gasteiger partial charge < -0.3 is 4.57 Å². The van der Waals surface area contributed by atoms with Gasteiger partial charge in [-0.2, -0.15) is 0 Å². The van der Waals surface area contributed by atoms with Crippen LogP contribution in [0.1, 0.15) is 37.8 Å². The van der Waals surface area contributed by atoms with Crippen molar-refractivity contribution in [3.8, 4) is 62.1 Å². The number of aromatic nitrogens is 4. The second kappa shape index (κ2) is 14.7. The summed E-state index contributed by atoms with van der Waals surface area (Å²) in [5.74, 6) is 1.96. The van der Waals surface area contributed by atoms with Gasteiger partial charge in [-0.1, -0.05) is 166 Å². The molecule has 65 heavy (non-hydrogen) atoms. The van der Waals surface area contributed by atoms with Crippen LogP contribution in [0.4, 0.5) is 0 Å². The van der Waals surface area contributed by atoms with Gasteiger partial charge in [-0.05, 0) is 99.8 Å². The van der Waals surface area contributed by atoms with Gasteiger partial charge in [0.05, 0.1) is 11.0 Å². The highest BCUT2D eigenvalue weighted by molar-refractivity contribution is 7.26. The second-order valence-corrected chi connectivity index (χ2v) is 18.9. The Balaban J connectivity index is 0.958. The fourth-order valence-electron chi connectivity index (χ4n) is 10.6. The maximum absolute atomic E-state index is 5.05. The molecule has 2 aliphatic carbocycles. The van der Waals surface area contributed by atoms with Gasteiger partial charge in [0, 0.05) is 58.7 Å². The number of benzene rings is 8. The van der Waals surface area contributed by atoms with Gasteiger partial charge in [-0.15, -0.1) is 11.3 Å². The van der Waals surface area contributed by atoms with Crippen molar-refractivity contribution in [1.29, 1.82) is 0 Å². The molecule has 4 nitrogen and oxygen atoms in total. The molecule has 3 heterocycles. The van der Waals surface area contributed by atoms with Crippen molar-refractivity contribution >= 4 is 58.9 Å². The lowest BCUT2D eigenvalue weighted by atomic mass is 9.80. The van der Waals surface area contributed by atoms with E-state index in [1.54, 1.807) is 0 Å². The minimum Gasteiger partial charge on any atom is -0.309 e. The van der Waals surface area contributed by atoms with Crippen LogP contribution >= 0.6 is 11.3 Å². The highest BCUT2D eigenvalue weighted by Gasteiger charge is 2.38. The van der Waals surface area contributed by atoms with Crippen molar-refractivity contribution < 1.29 is 0 Å². The number of nitrogens with zero attached hydrogens (tertiary/aromatic N) is 4. The smallest absolute Gasteiger partial charge is 0.164 e. The largest absolute Gasteiger partial charge is 0.309 e. The van der Waals surface area contributed by atoms with Gasteiger partial charge in [-0.25, -0.2) is 15.0 Å². The van der Waals surface area contributed by atoms with E-state index in [1.807, 2.05) is 47.7 Å². The summed E-state index contributed by atoms with van der Waals surface area (Å²) >= 11 is 1.89. The maximum atomic E-state index is 5.05. The highest BCUT2D eigenvalue weighted by atomic mass is 32.1. The summed E-state index contributed by atoms with van der Waals surface area (Å²) in [5.41, 5.74) is 17.1. The molecule has 308 valence electrons. The minimum absolute atomic E-state index is 0.0412. The van der Waals surface area contributed by atoms with Crippen molar-refractivity contribution in [3.05, 3.63) is 211 Å². The molecule has 13 rings (SSSR count). The fourth-order valence-corrected chi connectivity index (χ4v) is 11.9. The summed E-state index contributed by atoms with van der Waals surface area (Å²) in [6, 6.07) is 65.5. The lowest BCUT2D eigenvalue weighted by Gasteiger charge is -2.24. The van der Waals surface area contributed by atoms with Crippen molar-refractivity contribution in [1.82, 2.24) is 19.5 Å². The maximum Gasteiger partial charge on any atom is 0.164 e. The molecule has 0 fully saturated rings. The Kier molecular flexibility index (Phi) is 8.53. The van der Waals surface area contributed by atoms with Crippen molar-refractivity contribution in [2.45, 2.75) is 32.1 Å². The first-order valence-electron chi connectivity index (χ1n) is 22.5. The molecule has 0 aliphatic heterocycles. The molecule has 2 aliphatic rings. The quantitative estimate of drug-likeness (QED) is 0.167. The van der Waals surface area contributed by atoms with Crippen LogP contribution in [0.25, 0.3) is 110 Å². The Labute approximate surface area is 381 Å². The third-order valence-corrected chi connectivity index (χ3v) is 15.0. The zero-order chi connectivity index (χ0) is 43.2. The molecule has 0 saturated carbocycles. The van der Waals surface area contributed by atoms with Crippen LogP contribution in [0, 0.1) is 0 Å². The Bertz CT molecular complexity index is 3720. The first kappa shape index (κ1) is 37.8. The molecule has 0 atom stereocenters. The predicted octanol–water partition coefficient (Wildman–Crippen LogP) is 16.1. The zero-order valence-electron chi connectivity index (χ0n) is 36.1. The Hall–Kier alpha value is -7.73. The lowest BCUT2D eigenvalue weighted by Crippen LogP contribution is -2.16. The van der Waals surface area contributed by atoms with Crippen LogP contribution < -0.4 is 0 Å². The molecule has 0 amide bonds. The Morgan fingerprint density at radius 2 is 1.02 bits per heavy atom. The predicted molar refractivity (Wildman–Crippen MR) is 273 cm³/mol. The topological polar surface area (TPSA) is 43.6 Å². The van der Waals surface area contributed by atoms with Gasteiger partial charge in [0.2, 0.25) is 0 Å². The Morgan fingerprint density at radius 3 is 1.68 bits per heavy atom. The van der Waals surface area contributed by atoms with E-state index in [1.165, 1.54) is 86.6 Å². The number of para-hydroxylation sites is 1. The standard InChI is InChI=1S/C60H42N4S/c1-60(2)51-30-13-12-25-45(51)48-35-50-49-34-40(31-32-53(49)64(54(50)36-52(48)60)42-23-10-5-11-24-42)44-27-16-29-47-46-28-15-26-43(55(46)65-56(44)47)39-21-14-22-41(33-39)59-62-57(37-17-6-3-7-18-37)61-58(63-59)38-19-8-4-9-20-38/h3-11,13-24,26-36H,12,25H2,1-2H3. The first-order chi connectivity index (χ1) is 32.0. The minimum atomic E-state index is -0.0412. The van der Waals surface area contributed by atoms with Crippen LogP contribution in [-0.4, -0.2) is 19.5 Å². The van der Waals surface area contributed by atoms with E-state index in [0.29, 0.717) is 17.5 Å². The van der Waals surface area contributed by atoms with Crippen molar-refractivity contribution in [2.24, 2.45) is 0 Å². The normalized spacial score (nSPS) is 14.2. The summed E-state index contributed by atoms with van der Waals surface area (Å²) in [6.07, 6.45) is 6.93. The summed E-state index contributed by atoms with van der Waals surface area (Å²) in [7, 11) is 0. The number of rotatable bonds is 6. The third kappa shape index (κ3) is 5.99. The molecule has 0 bridgehead atoms. The van der Waals surface area contributed by atoms with E-state index in [4.69, 9.17) is 15.0 Å². The van der Waals surface area contributed by atoms with Crippen LogP contribution in [-0.2, 0) is 5.41 Å². The molecule has 5 heteroatoms. The number of allylic oxidation sites excluding steroid dienone is 4.